The number of aliphatic hydroxyl groups excluding tert-OH is 1. The number of aliphatic hydroxyl groups is 1. The highest BCUT2D eigenvalue weighted by atomic mass is 35.5. The van der Waals surface area contributed by atoms with E-state index in [-0.39, 0.29) is 20.7 Å². The predicted octanol–water partition coefficient (Wildman–Crippen LogP) is 3.93. The van der Waals surface area contributed by atoms with E-state index in [0.29, 0.717) is 39.4 Å². The molecule has 2 heterocycles. The summed E-state index contributed by atoms with van der Waals surface area (Å²) in [6, 6.07) is 6.66. The molecule has 0 aliphatic heterocycles. The average Bonchev–Trinajstić information content (AvgIpc) is 3.23. The van der Waals surface area contributed by atoms with Crippen LogP contribution in [-0.2, 0) is 0 Å². The number of nitrogens with one attached hydrogen (secondary N) is 1. The summed E-state index contributed by atoms with van der Waals surface area (Å²) in [6.45, 7) is 4.26. The van der Waals surface area contributed by atoms with E-state index < -0.39 is 12.1 Å². The van der Waals surface area contributed by atoms with Crippen molar-refractivity contribution in [3.63, 3.8) is 0 Å². The Morgan fingerprint density at radius 2 is 2.00 bits per heavy atom. The van der Waals surface area contributed by atoms with Gasteiger partial charge in [0.1, 0.15) is 23.9 Å². The number of hydrogen-bond donors (Lipinski definition) is 3. The Morgan fingerprint density at radius 1 is 1.29 bits per heavy atom. The van der Waals surface area contributed by atoms with Crippen molar-refractivity contribution in [3.05, 3.63) is 40.0 Å². The van der Waals surface area contributed by atoms with E-state index in [9.17, 15) is 10.4 Å². The summed E-state index contributed by atoms with van der Waals surface area (Å²) in [5.41, 5.74) is 8.33. The lowest BCUT2D eigenvalue weighted by atomic mass is 10.2. The Bertz CT molecular complexity index is 1090. The number of benzene rings is 1. The van der Waals surface area contributed by atoms with E-state index in [1.165, 1.54) is 0 Å². The van der Waals surface area contributed by atoms with Crippen LogP contribution in [0.3, 0.4) is 0 Å². The molecular weight excluding hydrogens is 458 g/mol. The minimum Gasteiger partial charge on any atom is -0.489 e. The van der Waals surface area contributed by atoms with Gasteiger partial charge in [0.2, 0.25) is 0 Å². The average molecular weight is 479 g/mol. The van der Waals surface area contributed by atoms with Crippen molar-refractivity contribution >= 4 is 37.4 Å². The zero-order valence-electron chi connectivity index (χ0n) is 16.9. The first-order chi connectivity index (χ1) is 14.8. The SMILES string of the molecule is CCNc1ncc(-c2nc(-c3cc(Cl)c(OCC(N)C(C)O)c(Cl)c3)n[pH]2)cc1C#N. The highest BCUT2D eigenvalue weighted by Crippen LogP contribution is 2.38. The molecule has 0 saturated heterocycles. The molecule has 162 valence electrons. The van der Waals surface area contributed by atoms with Crippen molar-refractivity contribution < 1.29 is 9.84 Å². The van der Waals surface area contributed by atoms with Crippen LogP contribution in [-0.4, -0.2) is 45.1 Å². The minimum atomic E-state index is -0.721. The lowest BCUT2D eigenvalue weighted by molar-refractivity contribution is 0.131. The summed E-state index contributed by atoms with van der Waals surface area (Å²) in [7, 11) is 0.0697. The molecule has 11 heteroatoms. The zero-order valence-corrected chi connectivity index (χ0v) is 19.4. The third-order valence-electron chi connectivity index (χ3n) is 4.41. The number of nitriles is 1. The van der Waals surface area contributed by atoms with Crippen LogP contribution in [0.2, 0.25) is 10.0 Å². The summed E-state index contributed by atoms with van der Waals surface area (Å²) in [6.07, 6.45) is 0.951. The topological polar surface area (TPSA) is 130 Å². The Labute approximate surface area is 191 Å². The third-order valence-corrected chi connectivity index (χ3v) is 5.90. The second-order valence-corrected chi connectivity index (χ2v) is 8.49. The first kappa shape index (κ1) is 23.3. The van der Waals surface area contributed by atoms with Crippen molar-refractivity contribution in [2.24, 2.45) is 5.73 Å². The Kier molecular flexibility index (Phi) is 7.71. The van der Waals surface area contributed by atoms with Gasteiger partial charge in [-0.15, -0.1) is 0 Å². The molecule has 2 aromatic heterocycles. The van der Waals surface area contributed by atoms with E-state index in [2.05, 4.69) is 26.1 Å². The maximum atomic E-state index is 9.49. The van der Waals surface area contributed by atoms with Crippen LogP contribution >= 0.6 is 31.6 Å². The van der Waals surface area contributed by atoms with Crippen LogP contribution in [0.25, 0.3) is 22.4 Å². The monoisotopic (exact) mass is 478 g/mol. The lowest BCUT2D eigenvalue weighted by Gasteiger charge is -2.17. The van der Waals surface area contributed by atoms with Gasteiger partial charge in [-0.05, 0) is 40.4 Å². The Hall–Kier alpha value is -2.40. The molecule has 0 aliphatic rings. The number of pyridine rings is 1. The molecule has 3 atom stereocenters. The van der Waals surface area contributed by atoms with Gasteiger partial charge in [0.25, 0.3) is 0 Å². The molecule has 0 amide bonds. The minimum absolute atomic E-state index is 0.0677. The molecule has 0 bridgehead atoms. The van der Waals surface area contributed by atoms with Gasteiger partial charge in [-0.1, -0.05) is 23.2 Å². The van der Waals surface area contributed by atoms with Gasteiger partial charge in [0.15, 0.2) is 11.6 Å². The van der Waals surface area contributed by atoms with Gasteiger partial charge in [-0.2, -0.15) is 5.26 Å². The summed E-state index contributed by atoms with van der Waals surface area (Å²) >= 11 is 12.7. The standard InChI is InChI=1S/C20H21Cl2N6O2P/c1-3-25-18-12(7-23)4-13(8-26-18)20-27-19(28-31-20)11-5-14(21)17(15(22)6-11)30-9-16(24)10(2)29/h4-6,8,10,16,29,31H,3,9,24H2,1-2H3,(H,25,26). The normalized spacial score (nSPS) is 13.1. The fourth-order valence-corrected chi connectivity index (χ4v) is 4.06. The van der Waals surface area contributed by atoms with Crippen LogP contribution < -0.4 is 15.8 Å². The van der Waals surface area contributed by atoms with E-state index in [1.54, 1.807) is 31.3 Å². The Morgan fingerprint density at radius 3 is 2.61 bits per heavy atom. The molecule has 8 nitrogen and oxygen atoms in total. The molecule has 4 N–H and O–H groups in total. The van der Waals surface area contributed by atoms with Gasteiger partial charge >= 0.3 is 0 Å². The molecule has 3 rings (SSSR count). The predicted molar refractivity (Wildman–Crippen MR) is 124 cm³/mol. The summed E-state index contributed by atoms with van der Waals surface area (Å²) in [5.74, 6) is 1.32. The molecule has 0 spiro atoms. The van der Waals surface area contributed by atoms with E-state index in [0.717, 1.165) is 11.0 Å². The number of nitrogens with zero attached hydrogens (tertiary/aromatic N) is 4. The van der Waals surface area contributed by atoms with Crippen LogP contribution in [0.15, 0.2) is 24.4 Å². The van der Waals surface area contributed by atoms with Crippen molar-refractivity contribution in [2.45, 2.75) is 26.0 Å². The van der Waals surface area contributed by atoms with Gasteiger partial charge in [0.05, 0.1) is 27.8 Å². The maximum Gasteiger partial charge on any atom is 0.163 e. The van der Waals surface area contributed by atoms with E-state index in [4.69, 9.17) is 33.7 Å². The van der Waals surface area contributed by atoms with Crippen molar-refractivity contribution in [1.82, 2.24) is 14.7 Å². The van der Waals surface area contributed by atoms with Crippen LogP contribution in [0, 0.1) is 11.3 Å². The fraction of sp³-hybridized carbons (Fsp3) is 0.300. The van der Waals surface area contributed by atoms with Gasteiger partial charge in [-0.3, -0.25) is 0 Å². The van der Waals surface area contributed by atoms with Crippen LogP contribution in [0.5, 0.6) is 5.75 Å². The Balaban J connectivity index is 1.85. The molecule has 0 radical (unpaired) electrons. The largest absolute Gasteiger partial charge is 0.489 e. The zero-order chi connectivity index (χ0) is 22.5. The summed E-state index contributed by atoms with van der Waals surface area (Å²) in [5, 5.41) is 22.5. The summed E-state index contributed by atoms with van der Waals surface area (Å²) < 4.78 is 10.1. The second kappa shape index (κ2) is 10.3. The summed E-state index contributed by atoms with van der Waals surface area (Å²) in [4.78, 5) is 8.91. The van der Waals surface area contributed by atoms with Crippen LogP contribution in [0.1, 0.15) is 19.4 Å². The maximum absolute atomic E-state index is 9.49. The number of ether oxygens (including phenoxy) is 1. The first-order valence-corrected chi connectivity index (χ1v) is 11.2. The number of anilines is 1. The van der Waals surface area contributed by atoms with Gasteiger partial charge < -0.3 is 20.9 Å². The number of rotatable bonds is 8. The third kappa shape index (κ3) is 5.45. The number of hydrogen-bond acceptors (Lipinski definition) is 8. The molecule has 3 aromatic rings. The smallest absolute Gasteiger partial charge is 0.163 e. The second-order valence-electron chi connectivity index (χ2n) is 6.75. The van der Waals surface area contributed by atoms with E-state index >= 15 is 0 Å². The van der Waals surface area contributed by atoms with Crippen molar-refractivity contribution in [2.75, 3.05) is 18.5 Å². The molecule has 1 aromatic carbocycles. The van der Waals surface area contributed by atoms with Crippen LogP contribution in [0.4, 0.5) is 5.82 Å². The highest BCUT2D eigenvalue weighted by molar-refractivity contribution is 7.29. The van der Waals surface area contributed by atoms with Gasteiger partial charge in [0, 0.05) is 23.9 Å². The van der Waals surface area contributed by atoms with Gasteiger partial charge in [-0.25, -0.2) is 14.7 Å². The molecule has 0 saturated carbocycles. The van der Waals surface area contributed by atoms with E-state index in [1.807, 2.05) is 6.92 Å². The lowest BCUT2D eigenvalue weighted by Crippen LogP contribution is -2.38. The quantitative estimate of drug-likeness (QED) is 0.443. The highest BCUT2D eigenvalue weighted by Gasteiger charge is 2.17. The molecule has 31 heavy (non-hydrogen) atoms. The number of halogens is 2. The first-order valence-electron chi connectivity index (χ1n) is 9.46. The van der Waals surface area contributed by atoms with Crippen molar-refractivity contribution in [1.29, 1.82) is 5.26 Å². The fourth-order valence-electron chi connectivity index (χ4n) is 2.65. The molecular formula is C20H21Cl2N6O2P. The molecule has 0 fully saturated rings. The number of aromatic nitrogens is 3. The van der Waals surface area contributed by atoms with Crippen molar-refractivity contribution in [3.8, 4) is 34.2 Å². The molecule has 0 aliphatic carbocycles. The number of nitrogens with two attached hydrogens (primary N) is 1. The molecule has 3 unspecified atom stereocenters.